The lowest BCUT2D eigenvalue weighted by molar-refractivity contribution is -0.141. The Morgan fingerprint density at radius 1 is 1.00 bits per heavy atom. The highest BCUT2D eigenvalue weighted by atomic mass is 32.2. The summed E-state index contributed by atoms with van der Waals surface area (Å²) in [6.07, 6.45) is 2.12. The minimum atomic E-state index is -4.44. The van der Waals surface area contributed by atoms with Crippen LogP contribution in [0.15, 0.2) is 42.9 Å². The number of piperidine rings is 1. The van der Waals surface area contributed by atoms with Crippen molar-refractivity contribution in [2.75, 3.05) is 42.6 Å². The van der Waals surface area contributed by atoms with Gasteiger partial charge in [-0.2, -0.15) is 13.2 Å². The number of nitrogens with zero attached hydrogens (tertiary/aromatic N) is 4. The fourth-order valence-corrected chi connectivity index (χ4v) is 5.78. The van der Waals surface area contributed by atoms with Crippen molar-refractivity contribution in [3.63, 3.8) is 0 Å². The topological polar surface area (TPSA) is 66.4 Å². The van der Waals surface area contributed by atoms with Crippen molar-refractivity contribution in [2.45, 2.75) is 25.1 Å². The Morgan fingerprint density at radius 2 is 1.71 bits per heavy atom. The fourth-order valence-electron chi connectivity index (χ4n) is 4.55. The second kappa shape index (κ2) is 8.74. The van der Waals surface area contributed by atoms with Gasteiger partial charge in [0.1, 0.15) is 5.69 Å². The molecule has 168 valence electrons. The monoisotopic (exact) mass is 454 g/mol. The smallest absolute Gasteiger partial charge is 0.370 e. The second-order valence-electron chi connectivity index (χ2n) is 8.14. The summed E-state index contributed by atoms with van der Waals surface area (Å²) in [7, 11) is -2.97. The van der Waals surface area contributed by atoms with Crippen molar-refractivity contribution in [3.05, 3.63) is 54.1 Å². The molecule has 10 heteroatoms. The van der Waals surface area contributed by atoms with E-state index in [1.54, 1.807) is 6.20 Å². The summed E-state index contributed by atoms with van der Waals surface area (Å²) in [5.41, 5.74) is 0.882. The zero-order chi connectivity index (χ0) is 22.1. The van der Waals surface area contributed by atoms with E-state index in [0.717, 1.165) is 24.5 Å². The van der Waals surface area contributed by atoms with Gasteiger partial charge in [0.25, 0.3) is 0 Å². The van der Waals surface area contributed by atoms with Gasteiger partial charge in [-0.15, -0.1) is 0 Å². The molecule has 0 aromatic carbocycles. The standard InChI is InChI=1S/C21H25F3N4O2S/c22-21(23,24)19-4-3-18(15-26-19)27-8-5-16(6-9-27)20(17-2-1-7-25-14-17)28-10-12-31(29,30)13-11-28/h1-4,7,14-16,20H,5-6,8-13H2. The number of pyridine rings is 2. The van der Waals surface area contributed by atoms with Gasteiger partial charge < -0.3 is 4.90 Å². The highest BCUT2D eigenvalue weighted by Gasteiger charge is 2.36. The summed E-state index contributed by atoms with van der Waals surface area (Å²) in [5, 5.41) is 0. The average molecular weight is 455 g/mol. The van der Waals surface area contributed by atoms with E-state index in [2.05, 4.69) is 19.8 Å². The zero-order valence-corrected chi connectivity index (χ0v) is 17.8. The molecule has 1 unspecified atom stereocenters. The van der Waals surface area contributed by atoms with Crippen molar-refractivity contribution in [2.24, 2.45) is 5.92 Å². The molecule has 2 aliphatic heterocycles. The number of hydrogen-bond acceptors (Lipinski definition) is 6. The number of sulfone groups is 1. The molecule has 0 bridgehead atoms. The van der Waals surface area contributed by atoms with Crippen LogP contribution in [-0.4, -0.2) is 61.0 Å². The van der Waals surface area contributed by atoms with Crippen LogP contribution in [0.5, 0.6) is 0 Å². The van der Waals surface area contributed by atoms with Gasteiger partial charge in [0.15, 0.2) is 9.84 Å². The predicted molar refractivity (Wildman–Crippen MR) is 111 cm³/mol. The van der Waals surface area contributed by atoms with Gasteiger partial charge in [-0.05, 0) is 42.5 Å². The maximum Gasteiger partial charge on any atom is 0.433 e. The maximum atomic E-state index is 12.8. The number of anilines is 1. The average Bonchev–Trinajstić information content (AvgIpc) is 2.76. The third-order valence-corrected chi connectivity index (χ3v) is 7.80. The third kappa shape index (κ3) is 5.17. The lowest BCUT2D eigenvalue weighted by atomic mass is 9.84. The largest absolute Gasteiger partial charge is 0.433 e. The normalized spacial score (nSPS) is 21.7. The number of hydrogen-bond donors (Lipinski definition) is 0. The minimum Gasteiger partial charge on any atom is -0.370 e. The molecule has 2 aromatic heterocycles. The van der Waals surface area contributed by atoms with Crippen LogP contribution in [0.1, 0.15) is 30.1 Å². The SMILES string of the molecule is O=S1(=O)CCN(C(c2cccnc2)C2CCN(c3ccc(C(F)(F)F)nc3)CC2)CC1. The van der Waals surface area contributed by atoms with Crippen molar-refractivity contribution < 1.29 is 21.6 Å². The molecule has 1 atom stereocenters. The molecule has 2 aliphatic rings. The number of halogens is 3. The maximum absolute atomic E-state index is 12.8. The Kier molecular flexibility index (Phi) is 6.20. The number of rotatable bonds is 4. The van der Waals surface area contributed by atoms with E-state index >= 15 is 0 Å². The van der Waals surface area contributed by atoms with E-state index in [4.69, 9.17) is 0 Å². The molecular weight excluding hydrogens is 429 g/mol. The van der Waals surface area contributed by atoms with E-state index in [1.807, 2.05) is 18.3 Å². The minimum absolute atomic E-state index is 0.0806. The van der Waals surface area contributed by atoms with E-state index < -0.39 is 21.7 Å². The second-order valence-corrected chi connectivity index (χ2v) is 10.4. The van der Waals surface area contributed by atoms with Crippen LogP contribution < -0.4 is 4.90 Å². The van der Waals surface area contributed by atoms with Crippen molar-refractivity contribution in [1.29, 1.82) is 0 Å². The van der Waals surface area contributed by atoms with Crippen LogP contribution in [-0.2, 0) is 16.0 Å². The lowest BCUT2D eigenvalue weighted by Gasteiger charge is -2.43. The van der Waals surface area contributed by atoms with Crippen molar-refractivity contribution in [1.82, 2.24) is 14.9 Å². The van der Waals surface area contributed by atoms with E-state index in [1.165, 1.54) is 12.3 Å². The quantitative estimate of drug-likeness (QED) is 0.707. The summed E-state index contributed by atoms with van der Waals surface area (Å²) in [6, 6.07) is 6.51. The summed E-state index contributed by atoms with van der Waals surface area (Å²) in [4.78, 5) is 12.1. The van der Waals surface area contributed by atoms with Crippen LogP contribution in [0.2, 0.25) is 0 Å². The van der Waals surface area contributed by atoms with Crippen molar-refractivity contribution >= 4 is 15.5 Å². The first-order chi connectivity index (χ1) is 14.7. The van der Waals surface area contributed by atoms with Crippen LogP contribution >= 0.6 is 0 Å². The first-order valence-electron chi connectivity index (χ1n) is 10.4. The Balaban J connectivity index is 1.46. The Labute approximate surface area is 180 Å². The zero-order valence-electron chi connectivity index (χ0n) is 17.0. The molecule has 4 rings (SSSR count). The third-order valence-electron chi connectivity index (χ3n) is 6.19. The van der Waals surface area contributed by atoms with Gasteiger partial charge in [-0.3, -0.25) is 9.88 Å². The van der Waals surface area contributed by atoms with Crippen LogP contribution in [0.4, 0.5) is 18.9 Å². The molecule has 6 nitrogen and oxygen atoms in total. The van der Waals surface area contributed by atoms with E-state index in [-0.39, 0.29) is 17.5 Å². The molecule has 2 aromatic rings. The Hall–Kier alpha value is -2.20. The van der Waals surface area contributed by atoms with Crippen molar-refractivity contribution in [3.8, 4) is 0 Å². The van der Waals surface area contributed by atoms with Gasteiger partial charge in [0, 0.05) is 44.6 Å². The molecule has 4 heterocycles. The summed E-state index contributed by atoms with van der Waals surface area (Å²) in [6.45, 7) is 2.43. The molecule has 2 saturated heterocycles. The first kappa shape index (κ1) is 22.0. The van der Waals surface area contributed by atoms with E-state index in [9.17, 15) is 21.6 Å². The molecule has 0 N–H and O–H groups in total. The first-order valence-corrected chi connectivity index (χ1v) is 12.2. The molecule has 0 saturated carbocycles. The summed E-state index contributed by atoms with van der Waals surface area (Å²) < 4.78 is 62.1. The molecule has 31 heavy (non-hydrogen) atoms. The van der Waals surface area contributed by atoms with Gasteiger partial charge in [-0.1, -0.05) is 6.07 Å². The molecule has 0 radical (unpaired) electrons. The number of alkyl halides is 3. The number of aromatic nitrogens is 2. The van der Waals surface area contributed by atoms with Gasteiger partial charge in [0.2, 0.25) is 0 Å². The van der Waals surface area contributed by atoms with Gasteiger partial charge in [0.05, 0.1) is 23.4 Å². The van der Waals surface area contributed by atoms with Gasteiger partial charge in [-0.25, -0.2) is 13.4 Å². The molecule has 0 aliphatic carbocycles. The molecule has 0 amide bonds. The van der Waals surface area contributed by atoms with Crippen LogP contribution in [0.25, 0.3) is 0 Å². The Bertz CT molecular complexity index is 962. The summed E-state index contributed by atoms with van der Waals surface area (Å²) in [5.74, 6) is 0.642. The molecule has 2 fully saturated rings. The molecular formula is C21H25F3N4O2S. The van der Waals surface area contributed by atoms with E-state index in [0.29, 0.717) is 37.8 Å². The highest BCUT2D eigenvalue weighted by Crippen LogP contribution is 2.37. The molecule has 0 spiro atoms. The lowest BCUT2D eigenvalue weighted by Crippen LogP contribution is -2.46. The van der Waals surface area contributed by atoms with Gasteiger partial charge >= 0.3 is 6.18 Å². The van der Waals surface area contributed by atoms with Crippen LogP contribution in [0.3, 0.4) is 0 Å². The predicted octanol–water partition coefficient (Wildman–Crippen LogP) is 3.18. The highest BCUT2D eigenvalue weighted by molar-refractivity contribution is 7.91. The Morgan fingerprint density at radius 3 is 2.26 bits per heavy atom. The van der Waals surface area contributed by atoms with Crippen LogP contribution in [0, 0.1) is 5.92 Å². The fraction of sp³-hybridized carbons (Fsp3) is 0.524. The summed E-state index contributed by atoms with van der Waals surface area (Å²) >= 11 is 0.